The molecule has 0 saturated carbocycles. The predicted molar refractivity (Wildman–Crippen MR) is 83.7 cm³/mol. The Morgan fingerprint density at radius 1 is 1.14 bits per heavy atom. The molecule has 0 aliphatic rings. The lowest BCUT2D eigenvalue weighted by Crippen LogP contribution is -2.23. The fraction of sp³-hybridized carbons (Fsp3) is 0.500. The summed E-state index contributed by atoms with van der Waals surface area (Å²) >= 11 is 0. The SMILES string of the molecule is CCCNc1nc(N(C)C)nc(N(C)Cc2ccoc2)n1. The van der Waals surface area contributed by atoms with Gasteiger partial charge in [-0.25, -0.2) is 0 Å². The van der Waals surface area contributed by atoms with Crippen LogP contribution in [-0.4, -0.2) is 42.6 Å². The third-order valence-corrected chi connectivity index (χ3v) is 2.89. The van der Waals surface area contributed by atoms with Gasteiger partial charge >= 0.3 is 0 Å². The van der Waals surface area contributed by atoms with Crippen LogP contribution in [0.1, 0.15) is 18.9 Å². The Balaban J connectivity index is 2.21. The zero-order valence-electron chi connectivity index (χ0n) is 13.0. The van der Waals surface area contributed by atoms with Crippen molar-refractivity contribution in [3.05, 3.63) is 24.2 Å². The minimum absolute atomic E-state index is 0.601. The maximum absolute atomic E-state index is 5.09. The molecule has 21 heavy (non-hydrogen) atoms. The molecule has 0 bridgehead atoms. The molecule has 0 atom stereocenters. The molecule has 0 fully saturated rings. The van der Waals surface area contributed by atoms with E-state index < -0.39 is 0 Å². The summed E-state index contributed by atoms with van der Waals surface area (Å²) in [7, 11) is 5.78. The lowest BCUT2D eigenvalue weighted by Gasteiger charge is -2.19. The Bertz CT molecular complexity index is 555. The van der Waals surface area contributed by atoms with Crippen molar-refractivity contribution in [3.63, 3.8) is 0 Å². The van der Waals surface area contributed by atoms with Gasteiger partial charge in [0.05, 0.1) is 12.5 Å². The Morgan fingerprint density at radius 2 is 1.90 bits per heavy atom. The van der Waals surface area contributed by atoms with Gasteiger partial charge in [0.25, 0.3) is 0 Å². The zero-order valence-corrected chi connectivity index (χ0v) is 13.0. The van der Waals surface area contributed by atoms with Crippen LogP contribution in [0.15, 0.2) is 23.0 Å². The third-order valence-electron chi connectivity index (χ3n) is 2.89. The van der Waals surface area contributed by atoms with E-state index in [0.717, 1.165) is 18.5 Å². The van der Waals surface area contributed by atoms with Crippen molar-refractivity contribution in [1.82, 2.24) is 15.0 Å². The molecule has 2 heterocycles. The van der Waals surface area contributed by atoms with Crippen LogP contribution in [0, 0.1) is 0 Å². The van der Waals surface area contributed by atoms with Crippen LogP contribution in [0.25, 0.3) is 0 Å². The van der Waals surface area contributed by atoms with Crippen molar-refractivity contribution in [3.8, 4) is 0 Å². The van der Waals surface area contributed by atoms with E-state index in [9.17, 15) is 0 Å². The van der Waals surface area contributed by atoms with Crippen LogP contribution >= 0.6 is 0 Å². The highest BCUT2D eigenvalue weighted by atomic mass is 16.3. The van der Waals surface area contributed by atoms with Crippen molar-refractivity contribution >= 4 is 17.8 Å². The number of rotatable bonds is 7. The standard InChI is InChI=1S/C14H22N6O/c1-5-7-15-12-16-13(19(2)3)18-14(17-12)20(4)9-11-6-8-21-10-11/h6,8,10H,5,7,9H2,1-4H3,(H,15,16,17,18). The largest absolute Gasteiger partial charge is 0.472 e. The second-order valence-electron chi connectivity index (χ2n) is 5.07. The number of hydrogen-bond donors (Lipinski definition) is 1. The maximum Gasteiger partial charge on any atom is 0.232 e. The molecule has 7 nitrogen and oxygen atoms in total. The summed E-state index contributed by atoms with van der Waals surface area (Å²) < 4.78 is 5.09. The van der Waals surface area contributed by atoms with Gasteiger partial charge < -0.3 is 19.5 Å². The van der Waals surface area contributed by atoms with Crippen LogP contribution in [0.4, 0.5) is 17.8 Å². The maximum atomic E-state index is 5.09. The first kappa shape index (κ1) is 15.1. The van der Waals surface area contributed by atoms with Gasteiger partial charge in [0.15, 0.2) is 0 Å². The third kappa shape index (κ3) is 4.08. The zero-order chi connectivity index (χ0) is 15.2. The number of nitrogens with zero attached hydrogens (tertiary/aromatic N) is 5. The highest BCUT2D eigenvalue weighted by molar-refractivity contribution is 5.44. The second-order valence-corrected chi connectivity index (χ2v) is 5.07. The van der Waals surface area contributed by atoms with Crippen molar-refractivity contribution in [2.75, 3.05) is 42.8 Å². The van der Waals surface area contributed by atoms with E-state index >= 15 is 0 Å². The van der Waals surface area contributed by atoms with Gasteiger partial charge in [-0.15, -0.1) is 0 Å². The highest BCUT2D eigenvalue weighted by Crippen LogP contribution is 2.16. The van der Waals surface area contributed by atoms with Gasteiger partial charge in [0, 0.05) is 39.8 Å². The molecule has 2 aromatic heterocycles. The number of anilines is 3. The topological polar surface area (TPSA) is 70.3 Å². The monoisotopic (exact) mass is 290 g/mol. The molecule has 2 aromatic rings. The fourth-order valence-corrected chi connectivity index (χ4v) is 1.77. The van der Waals surface area contributed by atoms with Crippen LogP contribution in [0.5, 0.6) is 0 Å². The van der Waals surface area contributed by atoms with E-state index in [1.807, 2.05) is 37.0 Å². The Labute approximate surface area is 125 Å². The molecule has 1 N–H and O–H groups in total. The molecule has 0 unspecified atom stereocenters. The van der Waals surface area contributed by atoms with Crippen molar-refractivity contribution in [2.24, 2.45) is 0 Å². The Morgan fingerprint density at radius 3 is 2.52 bits per heavy atom. The van der Waals surface area contributed by atoms with E-state index in [1.54, 1.807) is 12.5 Å². The van der Waals surface area contributed by atoms with E-state index in [4.69, 9.17) is 4.42 Å². The summed E-state index contributed by atoms with van der Waals surface area (Å²) in [5.41, 5.74) is 1.08. The van der Waals surface area contributed by atoms with Gasteiger partial charge in [-0.2, -0.15) is 15.0 Å². The van der Waals surface area contributed by atoms with Crippen LogP contribution < -0.4 is 15.1 Å². The first-order chi connectivity index (χ1) is 10.1. The smallest absolute Gasteiger partial charge is 0.232 e. The van der Waals surface area contributed by atoms with E-state index in [2.05, 4.69) is 27.2 Å². The predicted octanol–water partition coefficient (Wildman–Crippen LogP) is 1.99. The highest BCUT2D eigenvalue weighted by Gasteiger charge is 2.12. The molecule has 2 rings (SSSR count). The summed E-state index contributed by atoms with van der Waals surface area (Å²) in [6, 6.07) is 1.93. The average molecular weight is 290 g/mol. The summed E-state index contributed by atoms with van der Waals surface area (Å²) in [6.45, 7) is 3.62. The quantitative estimate of drug-likeness (QED) is 0.836. The molecule has 0 radical (unpaired) electrons. The van der Waals surface area contributed by atoms with Gasteiger partial charge in [-0.3, -0.25) is 0 Å². The summed E-state index contributed by atoms with van der Waals surface area (Å²) in [6.07, 6.45) is 4.40. The van der Waals surface area contributed by atoms with Crippen molar-refractivity contribution in [1.29, 1.82) is 0 Å². The second kappa shape index (κ2) is 6.92. The molecule has 114 valence electrons. The lowest BCUT2D eigenvalue weighted by atomic mass is 10.3. The first-order valence-corrected chi connectivity index (χ1v) is 6.99. The molecular weight excluding hydrogens is 268 g/mol. The molecule has 0 saturated heterocycles. The molecule has 0 aromatic carbocycles. The van der Waals surface area contributed by atoms with E-state index in [1.165, 1.54) is 0 Å². The van der Waals surface area contributed by atoms with Crippen LogP contribution in [-0.2, 0) is 6.54 Å². The van der Waals surface area contributed by atoms with E-state index in [-0.39, 0.29) is 0 Å². The normalized spacial score (nSPS) is 10.5. The lowest BCUT2D eigenvalue weighted by molar-refractivity contribution is 0.563. The summed E-state index contributed by atoms with van der Waals surface area (Å²) in [5, 5.41) is 3.21. The van der Waals surface area contributed by atoms with Crippen LogP contribution in [0.3, 0.4) is 0 Å². The van der Waals surface area contributed by atoms with Gasteiger partial charge in [0.2, 0.25) is 17.8 Å². The Kier molecular flexibility index (Phi) is 4.97. The van der Waals surface area contributed by atoms with Crippen LogP contribution in [0.2, 0.25) is 0 Å². The fourth-order valence-electron chi connectivity index (χ4n) is 1.77. The number of nitrogens with one attached hydrogen (secondary N) is 1. The van der Waals surface area contributed by atoms with Crippen molar-refractivity contribution < 1.29 is 4.42 Å². The number of furan rings is 1. The summed E-state index contributed by atoms with van der Waals surface area (Å²) in [4.78, 5) is 17.2. The Hall–Kier alpha value is -2.31. The molecule has 0 aliphatic heterocycles. The van der Waals surface area contributed by atoms with Gasteiger partial charge in [-0.1, -0.05) is 6.92 Å². The molecule has 7 heteroatoms. The first-order valence-electron chi connectivity index (χ1n) is 6.99. The number of hydrogen-bond acceptors (Lipinski definition) is 7. The molecule has 0 amide bonds. The van der Waals surface area contributed by atoms with E-state index in [0.29, 0.717) is 24.4 Å². The average Bonchev–Trinajstić information content (AvgIpc) is 2.97. The van der Waals surface area contributed by atoms with Gasteiger partial charge in [0.1, 0.15) is 0 Å². The van der Waals surface area contributed by atoms with Gasteiger partial charge in [-0.05, 0) is 12.5 Å². The minimum Gasteiger partial charge on any atom is -0.472 e. The molecular formula is C14H22N6O. The summed E-state index contributed by atoms with van der Waals surface area (Å²) in [5.74, 6) is 1.87. The number of aromatic nitrogens is 3. The minimum atomic E-state index is 0.601. The molecule has 0 spiro atoms. The molecule has 0 aliphatic carbocycles. The van der Waals surface area contributed by atoms with Crippen molar-refractivity contribution in [2.45, 2.75) is 19.9 Å².